The molecule has 0 fully saturated rings. The third-order valence-corrected chi connectivity index (χ3v) is 4.08. The molecular weight excluding hydrogens is 387 g/mol. The second-order valence-corrected chi connectivity index (χ2v) is 5.52. The molecule has 7 heteroatoms. The number of hydrogen-bond acceptors (Lipinski definition) is 2. The smallest absolute Gasteiger partial charge is 0.416 e. The first-order chi connectivity index (χ1) is 11.0. The Balaban J connectivity index is 0.00000169. The van der Waals surface area contributed by atoms with Gasteiger partial charge in [-0.1, -0.05) is 0 Å². The third kappa shape index (κ3) is 3.00. The maximum Gasteiger partial charge on any atom is 0.416 e. The van der Waals surface area contributed by atoms with E-state index in [0.717, 1.165) is 41.1 Å². The van der Waals surface area contributed by atoms with Crippen molar-refractivity contribution in [3.63, 3.8) is 0 Å². The minimum absolute atomic E-state index is 0. The van der Waals surface area contributed by atoms with Crippen LogP contribution in [0, 0.1) is 0 Å². The molecule has 0 amide bonds. The van der Waals surface area contributed by atoms with E-state index in [1.54, 1.807) is 0 Å². The standard InChI is InChI=1S/C17H13F3NO2.BrH/c18-17(19,20)13-1-3-14(4-2-13)21-6-5-11-7-15-16(23-10-22-15)8-12(11)9-21;/h1-4,7-9H,5-6,10H2;1H/q+1;/p-1. The molecule has 0 unspecified atom stereocenters. The summed E-state index contributed by atoms with van der Waals surface area (Å²) in [4.78, 5) is 0. The van der Waals surface area contributed by atoms with Gasteiger partial charge in [0.15, 0.2) is 24.3 Å². The van der Waals surface area contributed by atoms with E-state index in [4.69, 9.17) is 9.47 Å². The van der Waals surface area contributed by atoms with Crippen LogP contribution in [0.15, 0.2) is 36.4 Å². The predicted molar refractivity (Wildman–Crippen MR) is 77.7 cm³/mol. The Bertz CT molecular complexity index is 801. The summed E-state index contributed by atoms with van der Waals surface area (Å²) in [6.07, 6.45) is -1.58. The molecule has 3 nitrogen and oxygen atoms in total. The lowest BCUT2D eigenvalue weighted by Gasteiger charge is -2.13. The van der Waals surface area contributed by atoms with Crippen LogP contribution in [0.5, 0.6) is 11.5 Å². The quantitative estimate of drug-likeness (QED) is 0.660. The summed E-state index contributed by atoms with van der Waals surface area (Å²) in [5, 5.41) is 0. The summed E-state index contributed by atoms with van der Waals surface area (Å²) in [7, 11) is 0. The maximum atomic E-state index is 12.6. The second-order valence-electron chi connectivity index (χ2n) is 5.52. The molecule has 0 N–H and O–H groups in total. The number of hydrogen-bond donors (Lipinski definition) is 0. The van der Waals surface area contributed by atoms with Crippen LogP contribution in [0.2, 0.25) is 0 Å². The van der Waals surface area contributed by atoms with E-state index in [1.807, 2.05) is 22.9 Å². The van der Waals surface area contributed by atoms with Gasteiger partial charge in [-0.15, -0.1) is 0 Å². The van der Waals surface area contributed by atoms with Gasteiger partial charge in [0.25, 0.3) is 0 Å². The summed E-state index contributed by atoms with van der Waals surface area (Å²) < 4.78 is 50.6. The molecule has 2 heterocycles. The molecule has 0 aliphatic carbocycles. The van der Waals surface area contributed by atoms with Crippen LogP contribution >= 0.6 is 0 Å². The Labute approximate surface area is 147 Å². The highest BCUT2D eigenvalue weighted by atomic mass is 79.9. The molecule has 0 bridgehead atoms. The molecule has 2 aromatic carbocycles. The molecule has 24 heavy (non-hydrogen) atoms. The van der Waals surface area contributed by atoms with Gasteiger partial charge in [0.05, 0.1) is 5.56 Å². The summed E-state index contributed by atoms with van der Waals surface area (Å²) in [6, 6.07) is 9.09. The van der Waals surface area contributed by atoms with Crippen LogP contribution in [0.1, 0.15) is 16.7 Å². The van der Waals surface area contributed by atoms with E-state index in [1.165, 1.54) is 12.1 Å². The highest BCUT2D eigenvalue weighted by Gasteiger charge is 2.31. The van der Waals surface area contributed by atoms with E-state index in [2.05, 4.69) is 0 Å². The third-order valence-electron chi connectivity index (χ3n) is 4.08. The predicted octanol–water partition coefficient (Wildman–Crippen LogP) is 0.757. The lowest BCUT2D eigenvalue weighted by molar-refractivity contribution is -0.436. The van der Waals surface area contributed by atoms with Crippen LogP contribution in [0.4, 0.5) is 18.9 Å². The highest BCUT2D eigenvalue weighted by molar-refractivity contribution is 5.81. The van der Waals surface area contributed by atoms with Gasteiger partial charge >= 0.3 is 6.18 Å². The van der Waals surface area contributed by atoms with Crippen molar-refractivity contribution in [1.29, 1.82) is 0 Å². The minimum atomic E-state index is -4.31. The molecule has 0 aromatic heterocycles. The molecule has 0 radical (unpaired) electrons. The zero-order valence-electron chi connectivity index (χ0n) is 12.4. The molecule has 126 valence electrons. The zero-order chi connectivity index (χ0) is 16.0. The number of rotatable bonds is 1. The highest BCUT2D eigenvalue weighted by Crippen LogP contribution is 2.36. The van der Waals surface area contributed by atoms with Crippen molar-refractivity contribution in [2.45, 2.75) is 12.6 Å². The van der Waals surface area contributed by atoms with Gasteiger partial charge in [0, 0.05) is 24.1 Å². The van der Waals surface area contributed by atoms with Gasteiger partial charge in [-0.2, -0.15) is 17.7 Å². The number of fused-ring (bicyclic) bond motifs is 2. The largest absolute Gasteiger partial charge is 1.00 e. The van der Waals surface area contributed by atoms with Gasteiger partial charge in [-0.3, -0.25) is 0 Å². The fraction of sp³-hybridized carbons (Fsp3) is 0.235. The van der Waals surface area contributed by atoms with Gasteiger partial charge in [0.2, 0.25) is 12.5 Å². The van der Waals surface area contributed by atoms with Gasteiger partial charge < -0.3 is 26.5 Å². The fourth-order valence-corrected chi connectivity index (χ4v) is 2.86. The lowest BCUT2D eigenvalue weighted by atomic mass is 10.0. The molecule has 0 saturated carbocycles. The average Bonchev–Trinajstić information content (AvgIpc) is 2.98. The van der Waals surface area contributed by atoms with E-state index < -0.39 is 11.7 Å². The molecule has 2 aromatic rings. The van der Waals surface area contributed by atoms with Gasteiger partial charge in [0.1, 0.15) is 0 Å². The Morgan fingerprint density at radius 3 is 2.29 bits per heavy atom. The number of ether oxygens (including phenoxy) is 2. The van der Waals surface area contributed by atoms with Crippen LogP contribution in [-0.4, -0.2) is 24.1 Å². The van der Waals surface area contributed by atoms with Gasteiger partial charge in [-0.25, -0.2) is 0 Å². The first kappa shape index (κ1) is 16.8. The topological polar surface area (TPSA) is 21.5 Å². The van der Waals surface area contributed by atoms with E-state index >= 15 is 0 Å². The van der Waals surface area contributed by atoms with Crippen molar-refractivity contribution in [1.82, 2.24) is 0 Å². The second kappa shape index (κ2) is 6.12. The monoisotopic (exact) mass is 399 g/mol. The Morgan fingerprint density at radius 2 is 1.62 bits per heavy atom. The number of benzene rings is 2. The van der Waals surface area contributed by atoms with Crippen LogP contribution in [-0.2, 0) is 12.6 Å². The summed E-state index contributed by atoms with van der Waals surface area (Å²) in [6.45, 7) is 0.929. The molecular formula is C17H13BrF3NO2. The van der Waals surface area contributed by atoms with E-state index in [9.17, 15) is 13.2 Å². The summed E-state index contributed by atoms with van der Waals surface area (Å²) in [5.74, 6) is 1.45. The van der Waals surface area contributed by atoms with E-state index in [-0.39, 0.29) is 23.8 Å². The molecule has 0 spiro atoms. The maximum absolute atomic E-state index is 12.6. The Morgan fingerprint density at radius 1 is 0.958 bits per heavy atom. The lowest BCUT2D eigenvalue weighted by Crippen LogP contribution is -3.00. The first-order valence-corrected chi connectivity index (χ1v) is 7.22. The van der Waals surface area contributed by atoms with Crippen LogP contribution in [0.25, 0.3) is 0 Å². The minimum Gasteiger partial charge on any atom is -1.00 e. The number of nitrogens with zero attached hydrogens (tertiary/aromatic N) is 1. The average molecular weight is 400 g/mol. The van der Waals surface area contributed by atoms with Crippen molar-refractivity contribution >= 4 is 11.9 Å². The Kier molecular flexibility index (Phi) is 4.29. The van der Waals surface area contributed by atoms with Crippen LogP contribution in [0.3, 0.4) is 0 Å². The van der Waals surface area contributed by atoms with Gasteiger partial charge in [-0.05, 0) is 29.8 Å². The molecule has 4 rings (SSSR count). The van der Waals surface area contributed by atoms with Crippen molar-refractivity contribution in [2.75, 3.05) is 13.3 Å². The molecule has 2 aliphatic heterocycles. The summed E-state index contributed by atoms with van der Waals surface area (Å²) in [5.41, 5.74) is 2.25. The van der Waals surface area contributed by atoms with Crippen LogP contribution < -0.4 is 26.5 Å². The normalized spacial score (nSPS) is 15.4. The number of alkyl halides is 3. The van der Waals surface area contributed by atoms with Crippen molar-refractivity contribution in [3.05, 3.63) is 53.1 Å². The molecule has 0 saturated heterocycles. The fourth-order valence-electron chi connectivity index (χ4n) is 2.86. The van der Waals surface area contributed by atoms with Crippen molar-refractivity contribution < 1.29 is 44.2 Å². The first-order valence-electron chi connectivity index (χ1n) is 7.22. The zero-order valence-corrected chi connectivity index (χ0v) is 14.0. The van der Waals surface area contributed by atoms with Crippen molar-refractivity contribution in [3.8, 4) is 11.5 Å². The summed E-state index contributed by atoms with van der Waals surface area (Å²) >= 11 is 0. The SMILES string of the molecule is FC(F)(F)c1ccc([N+]2=Cc3cc4c(cc3CC2)OCO4)cc1.[Br-]. The van der Waals surface area contributed by atoms with Crippen molar-refractivity contribution in [2.24, 2.45) is 0 Å². The molecule has 0 atom stereocenters. The number of halogens is 4. The molecule has 2 aliphatic rings. The Hall–Kier alpha value is -2.02. The van der Waals surface area contributed by atoms with E-state index in [0.29, 0.717) is 12.3 Å².